The summed E-state index contributed by atoms with van der Waals surface area (Å²) in [5, 5.41) is 14.6. The summed E-state index contributed by atoms with van der Waals surface area (Å²) in [4.78, 5) is 34.1. The van der Waals surface area contributed by atoms with Gasteiger partial charge in [0.05, 0.1) is 24.6 Å². The van der Waals surface area contributed by atoms with Crippen molar-refractivity contribution in [3.63, 3.8) is 0 Å². The molecule has 0 bridgehead atoms. The van der Waals surface area contributed by atoms with Gasteiger partial charge in [0.15, 0.2) is 11.8 Å². The van der Waals surface area contributed by atoms with Crippen LogP contribution in [0.4, 0.5) is 5.69 Å². The largest absolute Gasteiger partial charge is 0.464 e. The number of carbonyl (C=O) groups is 2. The molecule has 1 N–H and O–H groups in total. The van der Waals surface area contributed by atoms with Gasteiger partial charge in [-0.2, -0.15) is 5.10 Å². The normalized spacial score (nSPS) is 19.5. The lowest BCUT2D eigenvalue weighted by atomic mass is 9.88. The number of nitrogens with one attached hydrogen (secondary N) is 1. The molecular formula is C14H15N3O6. The van der Waals surface area contributed by atoms with E-state index in [2.05, 4.69) is 15.3 Å². The van der Waals surface area contributed by atoms with Gasteiger partial charge in [0.2, 0.25) is 0 Å². The lowest BCUT2D eigenvalue weighted by Gasteiger charge is -2.18. The molecular weight excluding hydrogens is 306 g/mol. The Morgan fingerprint density at radius 1 is 1.35 bits per heavy atom. The summed E-state index contributed by atoms with van der Waals surface area (Å²) >= 11 is 0. The average molecular weight is 321 g/mol. The number of nitro groups is 1. The molecule has 1 aromatic carbocycles. The number of carbonyl (C=O) groups excluding carboxylic acids is 2. The third-order valence-electron chi connectivity index (χ3n) is 3.35. The lowest BCUT2D eigenvalue weighted by molar-refractivity contribution is -0.384. The highest BCUT2D eigenvalue weighted by Gasteiger charge is 2.42. The van der Waals surface area contributed by atoms with Crippen LogP contribution >= 0.6 is 0 Å². The minimum Gasteiger partial charge on any atom is -0.464 e. The number of hydrogen-bond donors (Lipinski definition) is 1. The summed E-state index contributed by atoms with van der Waals surface area (Å²) in [5.41, 5.74) is 3.01. The Bertz CT molecular complexity index is 655. The third-order valence-corrected chi connectivity index (χ3v) is 3.35. The first-order chi connectivity index (χ1) is 11.0. The highest BCUT2D eigenvalue weighted by molar-refractivity contribution is 6.39. The minimum absolute atomic E-state index is 0.0133. The van der Waals surface area contributed by atoms with E-state index in [0.29, 0.717) is 5.56 Å². The van der Waals surface area contributed by atoms with Crippen molar-refractivity contribution < 1.29 is 24.0 Å². The van der Waals surface area contributed by atoms with Crippen molar-refractivity contribution in [1.29, 1.82) is 0 Å². The van der Waals surface area contributed by atoms with Gasteiger partial charge in [-0.15, -0.1) is 0 Å². The molecule has 122 valence electrons. The van der Waals surface area contributed by atoms with Crippen molar-refractivity contribution in [2.45, 2.75) is 18.9 Å². The van der Waals surface area contributed by atoms with E-state index in [0.717, 1.165) is 0 Å². The van der Waals surface area contributed by atoms with Crippen molar-refractivity contribution >= 4 is 23.3 Å². The van der Waals surface area contributed by atoms with Crippen LogP contribution in [0.1, 0.15) is 18.4 Å². The zero-order valence-electron chi connectivity index (χ0n) is 12.5. The van der Waals surface area contributed by atoms with E-state index in [9.17, 15) is 19.7 Å². The summed E-state index contributed by atoms with van der Waals surface area (Å²) in [6, 6.07) is 4.64. The summed E-state index contributed by atoms with van der Waals surface area (Å²) in [7, 11) is 1.20. The number of benzene rings is 1. The molecule has 9 heteroatoms. The Morgan fingerprint density at radius 2 is 2.00 bits per heavy atom. The van der Waals surface area contributed by atoms with Gasteiger partial charge in [-0.05, 0) is 12.5 Å². The molecule has 1 aliphatic heterocycles. The number of hydrazone groups is 1. The van der Waals surface area contributed by atoms with Gasteiger partial charge in [-0.3, -0.25) is 15.5 Å². The van der Waals surface area contributed by atoms with Crippen LogP contribution < -0.4 is 5.43 Å². The fourth-order valence-electron chi connectivity index (χ4n) is 2.29. The predicted molar refractivity (Wildman–Crippen MR) is 78.8 cm³/mol. The smallest absolute Gasteiger partial charge is 0.354 e. The van der Waals surface area contributed by atoms with Gasteiger partial charge in [0.1, 0.15) is 0 Å². The molecule has 0 amide bonds. The van der Waals surface area contributed by atoms with Crippen LogP contribution in [-0.2, 0) is 19.1 Å². The second kappa shape index (κ2) is 6.86. The molecule has 0 saturated heterocycles. The Kier molecular flexibility index (Phi) is 4.89. The number of esters is 2. The van der Waals surface area contributed by atoms with Crippen molar-refractivity contribution in [2.24, 2.45) is 5.10 Å². The number of ether oxygens (including phenoxy) is 2. The van der Waals surface area contributed by atoms with E-state index in [-0.39, 0.29) is 18.0 Å². The Morgan fingerprint density at radius 3 is 2.52 bits per heavy atom. The highest BCUT2D eigenvalue weighted by Crippen LogP contribution is 2.28. The van der Waals surface area contributed by atoms with E-state index in [1.807, 2.05) is 0 Å². The Labute approximate surface area is 131 Å². The van der Waals surface area contributed by atoms with Gasteiger partial charge >= 0.3 is 11.9 Å². The first-order valence-corrected chi connectivity index (χ1v) is 6.82. The van der Waals surface area contributed by atoms with Gasteiger partial charge < -0.3 is 9.47 Å². The van der Waals surface area contributed by atoms with Gasteiger partial charge in [0, 0.05) is 12.1 Å². The predicted octanol–water partition coefficient (Wildman–Crippen LogP) is 0.742. The number of non-ortho nitro benzene ring substituents is 1. The number of nitrogens with zero attached hydrogens (tertiary/aromatic N) is 2. The Balaban J connectivity index is 2.37. The molecule has 2 unspecified atom stereocenters. The molecule has 0 aliphatic carbocycles. The molecule has 23 heavy (non-hydrogen) atoms. The number of methoxy groups -OCH3 is 1. The maximum atomic E-state index is 12.0. The van der Waals surface area contributed by atoms with Crippen LogP contribution in [0.15, 0.2) is 29.4 Å². The molecule has 2 atom stereocenters. The van der Waals surface area contributed by atoms with E-state index in [1.165, 1.54) is 31.4 Å². The molecule has 0 fully saturated rings. The van der Waals surface area contributed by atoms with Crippen LogP contribution in [0.3, 0.4) is 0 Å². The number of hydrogen-bond acceptors (Lipinski definition) is 8. The second-order valence-electron chi connectivity index (χ2n) is 4.67. The van der Waals surface area contributed by atoms with Gasteiger partial charge in [-0.25, -0.2) is 9.59 Å². The van der Waals surface area contributed by atoms with Gasteiger partial charge in [-0.1, -0.05) is 12.1 Å². The van der Waals surface area contributed by atoms with Crippen LogP contribution in [0, 0.1) is 10.1 Å². The molecule has 0 radical (unpaired) electrons. The van der Waals surface area contributed by atoms with E-state index in [4.69, 9.17) is 4.74 Å². The van der Waals surface area contributed by atoms with Crippen LogP contribution in [0.25, 0.3) is 0 Å². The zero-order chi connectivity index (χ0) is 17.0. The maximum Gasteiger partial charge on any atom is 0.354 e. The van der Waals surface area contributed by atoms with Crippen LogP contribution in [0.5, 0.6) is 0 Å². The molecule has 0 spiro atoms. The van der Waals surface area contributed by atoms with E-state index < -0.39 is 28.8 Å². The monoisotopic (exact) mass is 321 g/mol. The zero-order valence-corrected chi connectivity index (χ0v) is 12.5. The lowest BCUT2D eigenvalue weighted by Crippen LogP contribution is -2.38. The molecule has 2 rings (SSSR count). The standard InChI is InChI=1S/C14H15N3O6/c1-3-23-14(19)12-10(11(15-16-12)13(18)22-2)8-4-6-9(7-5-8)17(20)21/h4-7,10,12,16H,3H2,1-2H3. The van der Waals surface area contributed by atoms with Gasteiger partial charge in [0.25, 0.3) is 5.69 Å². The average Bonchev–Trinajstić information content (AvgIpc) is 2.99. The van der Waals surface area contributed by atoms with Crippen molar-refractivity contribution in [3.05, 3.63) is 39.9 Å². The van der Waals surface area contributed by atoms with E-state index in [1.54, 1.807) is 6.92 Å². The maximum absolute atomic E-state index is 12.0. The molecule has 1 aliphatic rings. The summed E-state index contributed by atoms with van der Waals surface area (Å²) in [5.74, 6) is -2.01. The van der Waals surface area contributed by atoms with Crippen LogP contribution in [-0.4, -0.2) is 42.3 Å². The first-order valence-electron chi connectivity index (χ1n) is 6.82. The topological polar surface area (TPSA) is 120 Å². The number of rotatable bonds is 5. The molecule has 0 aromatic heterocycles. The minimum atomic E-state index is -0.898. The summed E-state index contributed by atoms with van der Waals surface area (Å²) in [6.45, 7) is 1.84. The summed E-state index contributed by atoms with van der Waals surface area (Å²) < 4.78 is 9.63. The fraction of sp³-hybridized carbons (Fsp3) is 0.357. The quantitative estimate of drug-likeness (QED) is 0.482. The fourth-order valence-corrected chi connectivity index (χ4v) is 2.29. The molecule has 9 nitrogen and oxygen atoms in total. The molecule has 0 saturated carbocycles. The molecule has 1 heterocycles. The second-order valence-corrected chi connectivity index (χ2v) is 4.67. The summed E-state index contributed by atoms with van der Waals surface area (Å²) in [6.07, 6.45) is 0. The Hall–Kier alpha value is -2.97. The SMILES string of the molecule is CCOC(=O)C1NN=C(C(=O)OC)C1c1ccc([N+](=O)[O-])cc1. The first kappa shape index (κ1) is 16.4. The van der Waals surface area contributed by atoms with Crippen LogP contribution in [0.2, 0.25) is 0 Å². The number of nitro benzene ring substituents is 1. The van der Waals surface area contributed by atoms with Crippen molar-refractivity contribution in [1.82, 2.24) is 5.43 Å². The highest BCUT2D eigenvalue weighted by atomic mass is 16.6. The van der Waals surface area contributed by atoms with E-state index >= 15 is 0 Å². The van der Waals surface area contributed by atoms with Crippen molar-refractivity contribution in [2.75, 3.05) is 13.7 Å². The third kappa shape index (κ3) is 3.28. The van der Waals surface area contributed by atoms with Crippen molar-refractivity contribution in [3.8, 4) is 0 Å². The molecule has 1 aromatic rings.